The molecular weight excluding hydrogens is 278 g/mol. The Kier molecular flexibility index (Phi) is 12.5. The molecule has 23 heavy (non-hydrogen) atoms. The van der Waals surface area contributed by atoms with Crippen LogP contribution in [0.4, 0.5) is 0 Å². The molecule has 0 amide bonds. The number of allylic oxidation sites excluding steroid dienone is 5. The average Bonchev–Trinajstić information content (AvgIpc) is 2.49. The van der Waals surface area contributed by atoms with Crippen molar-refractivity contribution in [3.63, 3.8) is 0 Å². The summed E-state index contributed by atoms with van der Waals surface area (Å²) in [5.74, 6) is 1.46. The van der Waals surface area contributed by atoms with Gasteiger partial charge in [0.1, 0.15) is 0 Å². The smallest absolute Gasteiger partial charge is 0.0352 e. The second-order valence-corrected chi connectivity index (χ2v) is 6.66. The molecule has 1 nitrogen and oxygen atoms in total. The molecule has 0 heterocycles. The number of hydrogen-bond acceptors (Lipinski definition) is 1. The summed E-state index contributed by atoms with van der Waals surface area (Å²) in [5, 5.41) is 3.61. The molecule has 1 aliphatic carbocycles. The lowest BCUT2D eigenvalue weighted by Gasteiger charge is -2.27. The summed E-state index contributed by atoms with van der Waals surface area (Å²) in [4.78, 5) is 0. The van der Waals surface area contributed by atoms with Crippen LogP contribution in [0.3, 0.4) is 0 Å². The van der Waals surface area contributed by atoms with Crippen LogP contribution in [0.5, 0.6) is 0 Å². The second kappa shape index (κ2) is 13.2. The average molecular weight is 318 g/mol. The largest absolute Gasteiger partial charge is 0.384 e. The normalized spacial score (nSPS) is 22.6. The van der Waals surface area contributed by atoms with Gasteiger partial charge in [-0.15, -0.1) is 0 Å². The van der Waals surface area contributed by atoms with E-state index in [1.54, 1.807) is 0 Å². The molecule has 0 bridgehead atoms. The highest BCUT2D eigenvalue weighted by Gasteiger charge is 2.19. The minimum Gasteiger partial charge on any atom is -0.384 e. The van der Waals surface area contributed by atoms with Crippen molar-refractivity contribution in [1.29, 1.82) is 0 Å². The Bertz CT molecular complexity index is 400. The lowest BCUT2D eigenvalue weighted by atomic mass is 9.83. The van der Waals surface area contributed by atoms with Crippen molar-refractivity contribution in [3.8, 4) is 0 Å². The monoisotopic (exact) mass is 317 g/mol. The maximum atomic E-state index is 4.14. The van der Waals surface area contributed by atoms with Crippen LogP contribution in [-0.4, -0.2) is 6.54 Å². The van der Waals surface area contributed by atoms with Crippen molar-refractivity contribution in [1.82, 2.24) is 5.32 Å². The molecule has 0 aromatic carbocycles. The van der Waals surface area contributed by atoms with Crippen LogP contribution in [0.1, 0.15) is 73.1 Å². The fourth-order valence-electron chi connectivity index (χ4n) is 3.09. The maximum Gasteiger partial charge on any atom is 0.0352 e. The van der Waals surface area contributed by atoms with Crippen molar-refractivity contribution in [2.75, 3.05) is 6.54 Å². The molecule has 0 aromatic heterocycles. The van der Waals surface area contributed by atoms with Crippen molar-refractivity contribution in [2.24, 2.45) is 11.8 Å². The molecule has 1 aliphatic rings. The van der Waals surface area contributed by atoms with Gasteiger partial charge < -0.3 is 5.32 Å². The molecule has 1 heteroatoms. The first-order chi connectivity index (χ1) is 11.0. The summed E-state index contributed by atoms with van der Waals surface area (Å²) >= 11 is 0. The van der Waals surface area contributed by atoms with Crippen LogP contribution in [-0.2, 0) is 0 Å². The quantitative estimate of drug-likeness (QED) is 0.419. The van der Waals surface area contributed by atoms with Crippen LogP contribution >= 0.6 is 0 Å². The SMILES string of the molecule is C=C(/C=C\C)/C=C(\NCC(=C)C)C1CCCCCC(C)C1.CC. The van der Waals surface area contributed by atoms with Gasteiger partial charge in [0.25, 0.3) is 0 Å². The lowest BCUT2D eigenvalue weighted by molar-refractivity contribution is 0.333. The van der Waals surface area contributed by atoms with Crippen molar-refractivity contribution < 1.29 is 0 Å². The zero-order valence-corrected chi connectivity index (χ0v) is 16.3. The molecular formula is C22H39N. The molecule has 0 saturated heterocycles. The highest BCUT2D eigenvalue weighted by Crippen LogP contribution is 2.30. The molecule has 1 N–H and O–H groups in total. The lowest BCUT2D eigenvalue weighted by Crippen LogP contribution is -2.24. The predicted molar refractivity (Wildman–Crippen MR) is 107 cm³/mol. The van der Waals surface area contributed by atoms with E-state index in [2.05, 4.69) is 50.6 Å². The molecule has 1 fully saturated rings. The van der Waals surface area contributed by atoms with Crippen LogP contribution in [0, 0.1) is 11.8 Å². The Hall–Kier alpha value is -1.24. The number of rotatable bonds is 6. The van der Waals surface area contributed by atoms with Crippen molar-refractivity contribution in [3.05, 3.63) is 48.2 Å². The molecule has 0 radical (unpaired) electrons. The molecule has 0 aliphatic heterocycles. The van der Waals surface area contributed by atoms with Gasteiger partial charge in [0.15, 0.2) is 0 Å². The Balaban J connectivity index is 0.00000232. The van der Waals surface area contributed by atoms with Crippen LogP contribution in [0.15, 0.2) is 48.2 Å². The van der Waals surface area contributed by atoms with Crippen LogP contribution in [0.2, 0.25) is 0 Å². The predicted octanol–water partition coefficient (Wildman–Crippen LogP) is 6.80. The van der Waals surface area contributed by atoms with Gasteiger partial charge in [0.05, 0.1) is 0 Å². The van der Waals surface area contributed by atoms with E-state index >= 15 is 0 Å². The zero-order valence-electron chi connectivity index (χ0n) is 16.3. The van der Waals surface area contributed by atoms with E-state index in [4.69, 9.17) is 0 Å². The molecule has 0 spiro atoms. The van der Waals surface area contributed by atoms with Crippen molar-refractivity contribution >= 4 is 0 Å². The Morgan fingerprint density at radius 1 is 1.13 bits per heavy atom. The van der Waals surface area contributed by atoms with E-state index in [-0.39, 0.29) is 0 Å². The molecule has 1 saturated carbocycles. The van der Waals surface area contributed by atoms with E-state index in [9.17, 15) is 0 Å². The van der Waals surface area contributed by atoms with Gasteiger partial charge in [-0.25, -0.2) is 0 Å². The first-order valence-electron chi connectivity index (χ1n) is 9.44. The van der Waals surface area contributed by atoms with Crippen molar-refractivity contribution in [2.45, 2.75) is 73.1 Å². The molecule has 2 unspecified atom stereocenters. The van der Waals surface area contributed by atoms with Gasteiger partial charge in [-0.05, 0) is 50.2 Å². The van der Waals surface area contributed by atoms with Gasteiger partial charge in [-0.2, -0.15) is 0 Å². The summed E-state index contributed by atoms with van der Waals surface area (Å²) in [6.45, 7) is 19.5. The van der Waals surface area contributed by atoms with Crippen LogP contribution < -0.4 is 5.32 Å². The highest BCUT2D eigenvalue weighted by atomic mass is 14.9. The number of nitrogens with one attached hydrogen (secondary N) is 1. The van der Waals surface area contributed by atoms with E-state index in [0.29, 0.717) is 5.92 Å². The Morgan fingerprint density at radius 3 is 2.39 bits per heavy atom. The van der Waals surface area contributed by atoms with Gasteiger partial charge in [-0.1, -0.05) is 77.3 Å². The summed E-state index contributed by atoms with van der Waals surface area (Å²) < 4.78 is 0. The topological polar surface area (TPSA) is 12.0 Å². The summed E-state index contributed by atoms with van der Waals surface area (Å²) in [6.07, 6.45) is 14.5. The zero-order chi connectivity index (χ0) is 17.7. The molecule has 1 rings (SSSR count). The van der Waals surface area contributed by atoms with E-state index in [0.717, 1.165) is 18.0 Å². The fraction of sp³-hybridized carbons (Fsp3) is 0.636. The van der Waals surface area contributed by atoms with Gasteiger partial charge >= 0.3 is 0 Å². The van der Waals surface area contributed by atoms with Crippen LogP contribution in [0.25, 0.3) is 0 Å². The standard InChI is InChI=1S/C20H33N.C2H6/c1-6-10-17(4)14-20(21-15-16(2)3)19-12-9-7-8-11-18(5)13-19;1-2/h6,10,14,18-19,21H,2,4,7-9,11-13,15H2,1,3,5H3;1-2H3/b10-6-,20-14-;. The summed E-state index contributed by atoms with van der Waals surface area (Å²) in [7, 11) is 0. The minimum absolute atomic E-state index is 0.640. The van der Waals surface area contributed by atoms with E-state index < -0.39 is 0 Å². The first kappa shape index (κ1) is 21.8. The van der Waals surface area contributed by atoms with Gasteiger partial charge in [0, 0.05) is 12.2 Å². The highest BCUT2D eigenvalue weighted by molar-refractivity contribution is 5.31. The van der Waals surface area contributed by atoms with E-state index in [1.165, 1.54) is 49.8 Å². The van der Waals surface area contributed by atoms with Gasteiger partial charge in [0.2, 0.25) is 0 Å². The third-order valence-corrected chi connectivity index (χ3v) is 4.19. The molecule has 0 aromatic rings. The van der Waals surface area contributed by atoms with E-state index in [1.807, 2.05) is 20.8 Å². The number of hydrogen-bond donors (Lipinski definition) is 1. The summed E-state index contributed by atoms with van der Waals surface area (Å²) in [6, 6.07) is 0. The Labute approximate surface area is 145 Å². The minimum atomic E-state index is 0.640. The second-order valence-electron chi connectivity index (χ2n) is 6.66. The maximum absolute atomic E-state index is 4.14. The molecule has 132 valence electrons. The Morgan fingerprint density at radius 2 is 1.78 bits per heavy atom. The third-order valence-electron chi connectivity index (χ3n) is 4.19. The fourth-order valence-corrected chi connectivity index (χ4v) is 3.09. The third kappa shape index (κ3) is 10.2. The summed E-state index contributed by atoms with van der Waals surface area (Å²) in [5.41, 5.74) is 3.61. The first-order valence-corrected chi connectivity index (χ1v) is 9.44. The molecule has 2 atom stereocenters. The van der Waals surface area contributed by atoms with Gasteiger partial charge in [-0.3, -0.25) is 0 Å².